The number of fused-ring (bicyclic) bond motifs is 1. The Morgan fingerprint density at radius 1 is 1.10 bits per heavy atom. The summed E-state index contributed by atoms with van der Waals surface area (Å²) in [5, 5.41) is 5.05. The van der Waals surface area contributed by atoms with Gasteiger partial charge in [-0.05, 0) is 61.6 Å². The number of para-hydroxylation sites is 1. The van der Waals surface area contributed by atoms with E-state index < -0.39 is 0 Å². The Morgan fingerprint density at radius 2 is 1.87 bits per heavy atom. The number of likely N-dealkylation sites (N-methyl/N-ethyl adjacent to an activating group) is 1. The summed E-state index contributed by atoms with van der Waals surface area (Å²) >= 11 is 5.75. The molecule has 1 aromatic heterocycles. The second-order valence-corrected chi connectivity index (χ2v) is 8.68. The molecule has 30 heavy (non-hydrogen) atoms. The molecule has 5 nitrogen and oxygen atoms in total. The number of aromatic amines is 1. The number of quaternary nitrogens is 1. The van der Waals surface area contributed by atoms with Gasteiger partial charge in [0.1, 0.15) is 0 Å². The first-order chi connectivity index (χ1) is 14.2. The summed E-state index contributed by atoms with van der Waals surface area (Å²) in [7, 11) is 4.23. The fourth-order valence-electron chi connectivity index (χ4n) is 3.51. The zero-order chi connectivity index (χ0) is 21.8. The number of anilines is 1. The molecule has 0 radical (unpaired) electrons. The highest BCUT2D eigenvalue weighted by Gasteiger charge is 2.16. The quantitative estimate of drug-likeness (QED) is 0.534. The first-order valence-corrected chi connectivity index (χ1v) is 10.7. The van der Waals surface area contributed by atoms with Crippen molar-refractivity contribution in [2.45, 2.75) is 27.3 Å². The van der Waals surface area contributed by atoms with Gasteiger partial charge in [-0.2, -0.15) is 0 Å². The molecule has 0 aliphatic heterocycles. The van der Waals surface area contributed by atoms with Gasteiger partial charge < -0.3 is 20.1 Å². The van der Waals surface area contributed by atoms with Crippen molar-refractivity contribution in [3.63, 3.8) is 0 Å². The smallest absolute Gasteiger partial charge is 0.253 e. The van der Waals surface area contributed by atoms with Crippen molar-refractivity contribution in [2.24, 2.45) is 0 Å². The van der Waals surface area contributed by atoms with Crippen LogP contribution in [0.25, 0.3) is 10.9 Å². The van der Waals surface area contributed by atoms with E-state index in [-0.39, 0.29) is 5.56 Å². The van der Waals surface area contributed by atoms with E-state index in [1.54, 1.807) is 0 Å². The van der Waals surface area contributed by atoms with Crippen LogP contribution in [-0.4, -0.2) is 42.2 Å². The van der Waals surface area contributed by atoms with Gasteiger partial charge in [0.25, 0.3) is 5.56 Å². The van der Waals surface area contributed by atoms with Gasteiger partial charge in [-0.15, -0.1) is 0 Å². The Bertz CT molecular complexity index is 1120. The van der Waals surface area contributed by atoms with E-state index in [4.69, 9.17) is 12.2 Å². The second-order valence-electron chi connectivity index (χ2n) is 8.29. The molecule has 0 saturated heterocycles. The molecule has 0 atom stereocenters. The van der Waals surface area contributed by atoms with Crippen molar-refractivity contribution in [2.75, 3.05) is 32.5 Å². The molecule has 0 aliphatic carbocycles. The molecule has 0 unspecified atom stereocenters. The highest BCUT2D eigenvalue weighted by Crippen LogP contribution is 2.18. The minimum Gasteiger partial charge on any atom is -0.339 e. The van der Waals surface area contributed by atoms with E-state index in [0.717, 1.165) is 40.8 Å². The van der Waals surface area contributed by atoms with Gasteiger partial charge in [0.15, 0.2) is 5.11 Å². The topological polar surface area (TPSA) is 52.6 Å². The zero-order valence-corrected chi connectivity index (χ0v) is 19.2. The number of benzene rings is 2. The molecule has 2 aromatic carbocycles. The number of rotatable bonds is 6. The largest absolute Gasteiger partial charge is 0.339 e. The average Bonchev–Trinajstić information content (AvgIpc) is 2.68. The van der Waals surface area contributed by atoms with Crippen molar-refractivity contribution in [3.05, 3.63) is 75.1 Å². The van der Waals surface area contributed by atoms with Crippen LogP contribution in [0.5, 0.6) is 0 Å². The molecule has 3 aromatic rings. The lowest BCUT2D eigenvalue weighted by molar-refractivity contribution is -0.857. The van der Waals surface area contributed by atoms with E-state index in [1.165, 1.54) is 10.5 Å². The molecule has 1 heterocycles. The molecule has 158 valence electrons. The molecule has 0 fully saturated rings. The monoisotopic (exact) mass is 423 g/mol. The van der Waals surface area contributed by atoms with Gasteiger partial charge >= 0.3 is 0 Å². The van der Waals surface area contributed by atoms with Gasteiger partial charge in [-0.1, -0.05) is 35.9 Å². The molecular weight excluding hydrogens is 392 g/mol. The fourth-order valence-corrected chi connectivity index (χ4v) is 3.78. The first kappa shape index (κ1) is 22.0. The highest BCUT2D eigenvalue weighted by atomic mass is 32.1. The maximum atomic E-state index is 12.8. The number of hydrogen-bond donors (Lipinski definition) is 3. The van der Waals surface area contributed by atoms with Crippen LogP contribution in [0.2, 0.25) is 0 Å². The van der Waals surface area contributed by atoms with Crippen molar-refractivity contribution >= 4 is 33.9 Å². The minimum atomic E-state index is -0.0617. The van der Waals surface area contributed by atoms with Crippen LogP contribution in [0, 0.1) is 20.8 Å². The molecule has 3 N–H and O–H groups in total. The number of aryl methyl sites for hydroxylation is 3. The number of nitrogens with one attached hydrogen (secondary N) is 3. The van der Waals surface area contributed by atoms with Crippen LogP contribution in [0.4, 0.5) is 5.69 Å². The molecule has 6 heteroatoms. The van der Waals surface area contributed by atoms with E-state index in [9.17, 15) is 4.79 Å². The van der Waals surface area contributed by atoms with Crippen LogP contribution in [-0.2, 0) is 6.54 Å². The maximum absolute atomic E-state index is 12.8. The number of nitrogens with zero attached hydrogens (tertiary/aromatic N) is 1. The first-order valence-electron chi connectivity index (χ1n) is 10.3. The lowest BCUT2D eigenvalue weighted by Gasteiger charge is -2.26. The third kappa shape index (κ3) is 5.26. The number of thiocarbonyl (C=S) groups is 1. The summed E-state index contributed by atoms with van der Waals surface area (Å²) in [5.41, 5.74) is 5.98. The molecule has 0 saturated carbocycles. The molecule has 0 spiro atoms. The Kier molecular flexibility index (Phi) is 6.90. The van der Waals surface area contributed by atoms with Crippen LogP contribution in [0.15, 0.2) is 47.3 Å². The lowest BCUT2D eigenvalue weighted by atomic mass is 10.1. The average molecular weight is 424 g/mol. The van der Waals surface area contributed by atoms with Gasteiger partial charge in [-0.3, -0.25) is 4.79 Å². The highest BCUT2D eigenvalue weighted by molar-refractivity contribution is 7.80. The van der Waals surface area contributed by atoms with Crippen molar-refractivity contribution in [1.29, 1.82) is 0 Å². The van der Waals surface area contributed by atoms with E-state index in [1.807, 2.05) is 31.2 Å². The fraction of sp³-hybridized carbons (Fsp3) is 0.333. The molecule has 0 bridgehead atoms. The Morgan fingerprint density at radius 3 is 2.57 bits per heavy atom. The summed E-state index contributed by atoms with van der Waals surface area (Å²) in [6.07, 6.45) is 0. The second kappa shape index (κ2) is 9.41. The van der Waals surface area contributed by atoms with Gasteiger partial charge in [0, 0.05) is 11.3 Å². The third-order valence-corrected chi connectivity index (χ3v) is 5.68. The van der Waals surface area contributed by atoms with Crippen molar-refractivity contribution in [1.82, 2.24) is 9.88 Å². The van der Waals surface area contributed by atoms with Crippen LogP contribution in [0.1, 0.15) is 22.3 Å². The van der Waals surface area contributed by atoms with Crippen LogP contribution in [0.3, 0.4) is 0 Å². The number of pyridine rings is 1. The van der Waals surface area contributed by atoms with Crippen LogP contribution < -0.4 is 15.8 Å². The Hall–Kier alpha value is -2.70. The third-order valence-electron chi connectivity index (χ3n) is 5.32. The van der Waals surface area contributed by atoms with E-state index >= 15 is 0 Å². The molecule has 3 rings (SSSR count). The summed E-state index contributed by atoms with van der Waals surface area (Å²) in [6, 6.07) is 14.3. The van der Waals surface area contributed by atoms with Gasteiger partial charge in [0.2, 0.25) is 0 Å². The summed E-state index contributed by atoms with van der Waals surface area (Å²) in [4.78, 5) is 19.2. The lowest BCUT2D eigenvalue weighted by Crippen LogP contribution is -3.06. The maximum Gasteiger partial charge on any atom is 0.253 e. The van der Waals surface area contributed by atoms with Crippen molar-refractivity contribution < 1.29 is 4.90 Å². The summed E-state index contributed by atoms with van der Waals surface area (Å²) < 4.78 is 0. The van der Waals surface area contributed by atoms with E-state index in [2.05, 4.69) is 61.3 Å². The summed E-state index contributed by atoms with van der Waals surface area (Å²) in [5.74, 6) is 0. The van der Waals surface area contributed by atoms with Gasteiger partial charge in [-0.25, -0.2) is 0 Å². The normalized spacial score (nSPS) is 11.1. The standard InChI is InChI=1S/C24H30N4OS/c1-16-9-10-21(18(3)13-16)25-24(30)28(12-11-27(4)5)15-20-14-19-8-6-7-17(2)22(19)26-23(20)29/h6-10,13-14H,11-12,15H2,1-5H3,(H,25,30)(H,26,29)/p+1. The van der Waals surface area contributed by atoms with Gasteiger partial charge in [0.05, 0.1) is 39.2 Å². The Balaban J connectivity index is 1.88. The number of aromatic nitrogens is 1. The predicted molar refractivity (Wildman–Crippen MR) is 130 cm³/mol. The van der Waals surface area contributed by atoms with Crippen LogP contribution >= 0.6 is 12.2 Å². The molecule has 0 aliphatic rings. The number of H-pyrrole nitrogens is 1. The minimum absolute atomic E-state index is 0.0617. The SMILES string of the molecule is Cc1ccc(NC(=S)N(CC[NH+](C)C)Cc2cc3cccc(C)c3[nH]c2=O)c(C)c1. The summed E-state index contributed by atoms with van der Waals surface area (Å²) in [6.45, 7) is 8.29. The van der Waals surface area contributed by atoms with E-state index in [0.29, 0.717) is 17.2 Å². The molecule has 0 amide bonds. The van der Waals surface area contributed by atoms with Crippen molar-refractivity contribution in [3.8, 4) is 0 Å². The predicted octanol–water partition coefficient (Wildman–Crippen LogP) is 2.80. The number of hydrogen-bond acceptors (Lipinski definition) is 2. The molecular formula is C24H31N4OS+. The zero-order valence-electron chi connectivity index (χ0n) is 18.4. The Labute approximate surface area is 183 Å².